The van der Waals surface area contributed by atoms with Gasteiger partial charge in [-0.05, 0) is 43.6 Å². The fourth-order valence-corrected chi connectivity index (χ4v) is 4.55. The number of para-hydroxylation sites is 1. The summed E-state index contributed by atoms with van der Waals surface area (Å²) in [6.07, 6.45) is 3.26. The summed E-state index contributed by atoms with van der Waals surface area (Å²) >= 11 is 1.53. The van der Waals surface area contributed by atoms with Crippen LogP contribution < -0.4 is 10.6 Å². The van der Waals surface area contributed by atoms with Crippen molar-refractivity contribution >= 4 is 28.8 Å². The minimum absolute atomic E-state index is 0.0214. The minimum Gasteiger partial charge on any atom is -0.342 e. The van der Waals surface area contributed by atoms with Gasteiger partial charge < -0.3 is 10.6 Å². The van der Waals surface area contributed by atoms with Crippen LogP contribution in [0.25, 0.3) is 0 Å². The van der Waals surface area contributed by atoms with Gasteiger partial charge in [-0.2, -0.15) is 0 Å². The number of aromatic nitrogens is 1. The molecule has 160 valence electrons. The number of rotatable bonds is 7. The number of amides is 2. The summed E-state index contributed by atoms with van der Waals surface area (Å²) in [5.41, 5.74) is 1.84. The monoisotopic (exact) mass is 434 g/mol. The van der Waals surface area contributed by atoms with Crippen LogP contribution in [0.4, 0.5) is 5.69 Å². The molecule has 4 rings (SSSR count). The first-order valence-electron chi connectivity index (χ1n) is 10.5. The van der Waals surface area contributed by atoms with Crippen LogP contribution in [0.2, 0.25) is 0 Å². The van der Waals surface area contributed by atoms with Gasteiger partial charge in [-0.25, -0.2) is 4.98 Å². The predicted octanol–water partition coefficient (Wildman–Crippen LogP) is 3.70. The molecule has 2 heterocycles. The lowest BCUT2D eigenvalue weighted by molar-refractivity contribution is -0.123. The molecule has 1 aliphatic heterocycles. The first-order chi connectivity index (χ1) is 15.2. The van der Waals surface area contributed by atoms with Crippen LogP contribution in [-0.2, 0) is 9.59 Å². The molecule has 1 atom stereocenters. The van der Waals surface area contributed by atoms with Gasteiger partial charge in [0.25, 0.3) is 0 Å². The number of hydrogen-bond donors (Lipinski definition) is 2. The Morgan fingerprint density at radius 2 is 1.71 bits per heavy atom. The van der Waals surface area contributed by atoms with Crippen LogP contribution in [0.15, 0.2) is 72.2 Å². The Labute approximate surface area is 186 Å². The summed E-state index contributed by atoms with van der Waals surface area (Å²) < 4.78 is 0. The number of hydrogen-bond acceptors (Lipinski definition) is 5. The standard InChI is InChI=1S/C24H26N4O2S/c29-21(27-22(24-25-13-16-31-24)18-7-3-1-4-8-18)17-28-14-11-19(12-15-28)23(30)26-20-9-5-2-6-10-20/h1-10,13,16,19,22H,11-12,14-15,17H2,(H,26,30)(H,27,29). The topological polar surface area (TPSA) is 74.3 Å². The number of nitrogens with zero attached hydrogens (tertiary/aromatic N) is 2. The van der Waals surface area contributed by atoms with Gasteiger partial charge in [0.15, 0.2) is 0 Å². The largest absolute Gasteiger partial charge is 0.342 e. The number of benzene rings is 2. The second-order valence-electron chi connectivity index (χ2n) is 7.69. The lowest BCUT2D eigenvalue weighted by atomic mass is 9.95. The number of nitrogens with one attached hydrogen (secondary N) is 2. The van der Waals surface area contributed by atoms with Crippen molar-refractivity contribution in [2.75, 3.05) is 25.0 Å². The van der Waals surface area contributed by atoms with Crippen LogP contribution in [0, 0.1) is 5.92 Å². The molecular weight excluding hydrogens is 408 g/mol. The van der Waals surface area contributed by atoms with Gasteiger partial charge >= 0.3 is 0 Å². The van der Waals surface area contributed by atoms with Gasteiger partial charge in [0.05, 0.1) is 6.54 Å². The zero-order chi connectivity index (χ0) is 21.5. The second kappa shape index (κ2) is 10.3. The smallest absolute Gasteiger partial charge is 0.235 e. The van der Waals surface area contributed by atoms with Crippen molar-refractivity contribution in [3.05, 3.63) is 82.8 Å². The van der Waals surface area contributed by atoms with Crippen LogP contribution in [-0.4, -0.2) is 41.3 Å². The average molecular weight is 435 g/mol. The van der Waals surface area contributed by atoms with Crippen molar-refractivity contribution in [3.63, 3.8) is 0 Å². The molecule has 0 spiro atoms. The molecule has 0 aliphatic carbocycles. The van der Waals surface area contributed by atoms with E-state index in [2.05, 4.69) is 20.5 Å². The van der Waals surface area contributed by atoms with Gasteiger partial charge in [0, 0.05) is 23.2 Å². The predicted molar refractivity (Wildman–Crippen MR) is 123 cm³/mol. The molecule has 31 heavy (non-hydrogen) atoms. The fourth-order valence-electron chi connectivity index (χ4n) is 3.84. The van der Waals surface area contributed by atoms with Gasteiger partial charge in [-0.3, -0.25) is 14.5 Å². The molecule has 3 aromatic rings. The maximum atomic E-state index is 12.8. The van der Waals surface area contributed by atoms with Crippen molar-refractivity contribution < 1.29 is 9.59 Å². The molecule has 7 heteroatoms. The first-order valence-corrected chi connectivity index (χ1v) is 11.4. The Morgan fingerprint density at radius 3 is 2.35 bits per heavy atom. The van der Waals surface area contributed by atoms with Crippen molar-refractivity contribution in [2.45, 2.75) is 18.9 Å². The Balaban J connectivity index is 1.29. The summed E-state index contributed by atoms with van der Waals surface area (Å²) in [5, 5.41) is 8.91. The average Bonchev–Trinajstić information content (AvgIpc) is 3.34. The quantitative estimate of drug-likeness (QED) is 0.595. The molecule has 1 unspecified atom stereocenters. The highest BCUT2D eigenvalue weighted by atomic mass is 32.1. The maximum Gasteiger partial charge on any atom is 0.235 e. The van der Waals surface area contributed by atoms with E-state index in [1.165, 1.54) is 11.3 Å². The summed E-state index contributed by atoms with van der Waals surface area (Å²) in [6.45, 7) is 1.78. The summed E-state index contributed by atoms with van der Waals surface area (Å²) in [4.78, 5) is 31.8. The third kappa shape index (κ3) is 5.77. The molecule has 6 nitrogen and oxygen atoms in total. The van der Waals surface area contributed by atoms with Crippen LogP contribution in [0.5, 0.6) is 0 Å². The van der Waals surface area contributed by atoms with E-state index in [-0.39, 0.29) is 23.8 Å². The van der Waals surface area contributed by atoms with E-state index in [0.29, 0.717) is 6.54 Å². The lowest BCUT2D eigenvalue weighted by Gasteiger charge is -2.31. The number of piperidine rings is 1. The van der Waals surface area contributed by atoms with Gasteiger partial charge in [-0.1, -0.05) is 48.5 Å². The summed E-state index contributed by atoms with van der Waals surface area (Å²) in [6, 6.07) is 19.2. The van der Waals surface area contributed by atoms with Crippen molar-refractivity contribution in [1.82, 2.24) is 15.2 Å². The molecule has 1 fully saturated rings. The van der Waals surface area contributed by atoms with Crippen molar-refractivity contribution in [2.24, 2.45) is 5.92 Å². The molecule has 2 amide bonds. The van der Waals surface area contributed by atoms with Gasteiger partial charge in [0.2, 0.25) is 11.8 Å². The molecule has 0 bridgehead atoms. The number of anilines is 1. The SMILES string of the molecule is O=C(CN1CCC(C(=O)Nc2ccccc2)CC1)NC(c1ccccc1)c1nccs1. The summed E-state index contributed by atoms with van der Waals surface area (Å²) in [5.74, 6) is 0.00589. The Hall–Kier alpha value is -3.03. The molecule has 2 N–H and O–H groups in total. The van der Waals surface area contributed by atoms with E-state index in [9.17, 15) is 9.59 Å². The van der Waals surface area contributed by atoms with E-state index in [1.807, 2.05) is 66.0 Å². The third-order valence-electron chi connectivity index (χ3n) is 5.50. The van der Waals surface area contributed by atoms with Crippen LogP contribution in [0.1, 0.15) is 29.5 Å². The number of likely N-dealkylation sites (tertiary alicyclic amines) is 1. The number of carbonyl (C=O) groups excluding carboxylic acids is 2. The highest BCUT2D eigenvalue weighted by Gasteiger charge is 2.27. The van der Waals surface area contributed by atoms with Crippen LogP contribution >= 0.6 is 11.3 Å². The Bertz CT molecular complexity index is 971. The highest BCUT2D eigenvalue weighted by Crippen LogP contribution is 2.24. The Kier molecular flexibility index (Phi) is 7.07. The van der Waals surface area contributed by atoms with Crippen molar-refractivity contribution in [3.8, 4) is 0 Å². The minimum atomic E-state index is -0.247. The molecule has 0 radical (unpaired) electrons. The van der Waals surface area contributed by atoms with E-state index in [0.717, 1.165) is 42.2 Å². The fraction of sp³-hybridized carbons (Fsp3) is 0.292. The lowest BCUT2D eigenvalue weighted by Crippen LogP contribution is -2.44. The number of carbonyl (C=O) groups is 2. The van der Waals surface area contributed by atoms with Crippen LogP contribution in [0.3, 0.4) is 0 Å². The van der Waals surface area contributed by atoms with E-state index >= 15 is 0 Å². The highest BCUT2D eigenvalue weighted by molar-refractivity contribution is 7.09. The first kappa shape index (κ1) is 21.2. The Morgan fingerprint density at radius 1 is 1.03 bits per heavy atom. The zero-order valence-corrected chi connectivity index (χ0v) is 18.1. The summed E-state index contributed by atoms with van der Waals surface area (Å²) in [7, 11) is 0. The second-order valence-corrected chi connectivity index (χ2v) is 8.61. The molecule has 1 saturated heterocycles. The van der Waals surface area contributed by atoms with E-state index in [4.69, 9.17) is 0 Å². The van der Waals surface area contributed by atoms with Gasteiger partial charge in [0.1, 0.15) is 11.0 Å². The molecule has 1 aromatic heterocycles. The maximum absolute atomic E-state index is 12.8. The van der Waals surface area contributed by atoms with Gasteiger partial charge in [-0.15, -0.1) is 11.3 Å². The number of thiazole rings is 1. The third-order valence-corrected chi connectivity index (χ3v) is 6.34. The van der Waals surface area contributed by atoms with Crippen molar-refractivity contribution in [1.29, 1.82) is 0 Å². The molecule has 0 saturated carbocycles. The van der Waals surface area contributed by atoms with E-state index < -0.39 is 0 Å². The molecule has 2 aromatic carbocycles. The molecular formula is C24H26N4O2S. The normalized spacial score (nSPS) is 15.9. The molecule has 1 aliphatic rings. The zero-order valence-electron chi connectivity index (χ0n) is 17.2. The van der Waals surface area contributed by atoms with E-state index in [1.54, 1.807) is 6.20 Å².